The Morgan fingerprint density at radius 2 is 2.50 bits per heavy atom. The number of aromatic nitrogens is 1. The maximum absolute atomic E-state index is 10.8. The van der Waals surface area contributed by atoms with Crippen LogP contribution in [0.15, 0.2) is 12.3 Å². The van der Waals surface area contributed by atoms with E-state index in [1.54, 1.807) is 0 Å². The number of nitrogens with zero attached hydrogens (tertiary/aromatic N) is 2. The van der Waals surface area contributed by atoms with Gasteiger partial charge in [-0.05, 0) is 6.42 Å². The van der Waals surface area contributed by atoms with Crippen molar-refractivity contribution in [1.29, 1.82) is 0 Å². The highest BCUT2D eigenvalue weighted by Gasteiger charge is 2.21. The second kappa shape index (κ2) is 4.63. The first-order chi connectivity index (χ1) is 7.66. The molecule has 0 saturated carbocycles. The van der Waals surface area contributed by atoms with Crippen LogP contribution < -0.4 is 5.32 Å². The van der Waals surface area contributed by atoms with Gasteiger partial charge >= 0.3 is 5.69 Å². The fourth-order valence-electron chi connectivity index (χ4n) is 1.55. The highest BCUT2D eigenvalue weighted by Crippen LogP contribution is 2.27. The normalized spacial score (nSPS) is 19.7. The van der Waals surface area contributed by atoms with Crippen LogP contribution >= 0.6 is 11.6 Å². The molecule has 2 rings (SSSR count). The molecule has 1 saturated heterocycles. The number of nitrogens with one attached hydrogen (secondary N) is 1. The van der Waals surface area contributed by atoms with E-state index in [4.69, 9.17) is 16.3 Å². The number of anilines is 1. The fraction of sp³-hybridized carbons (Fsp3) is 0.444. The summed E-state index contributed by atoms with van der Waals surface area (Å²) in [7, 11) is 0. The lowest BCUT2D eigenvalue weighted by molar-refractivity contribution is -0.384. The molecule has 0 spiro atoms. The standard InChI is InChI=1S/C9H10ClN3O3/c10-9-3-7(8(4-11-9)13(14)15)12-6-1-2-16-5-6/h3-4,6H,1-2,5H2,(H,11,12)/t6-/m0/s1. The van der Waals surface area contributed by atoms with Crippen LogP contribution in [0.3, 0.4) is 0 Å². The first-order valence-corrected chi connectivity index (χ1v) is 5.19. The summed E-state index contributed by atoms with van der Waals surface area (Å²) in [6, 6.07) is 1.55. The number of halogens is 1. The molecule has 1 N–H and O–H groups in total. The molecule has 1 aliphatic heterocycles. The molecule has 2 heterocycles. The number of pyridine rings is 1. The molecule has 0 aliphatic carbocycles. The van der Waals surface area contributed by atoms with E-state index in [1.807, 2.05) is 0 Å². The van der Waals surface area contributed by atoms with Crippen LogP contribution in [-0.4, -0.2) is 29.2 Å². The first-order valence-electron chi connectivity index (χ1n) is 4.81. The van der Waals surface area contributed by atoms with E-state index in [9.17, 15) is 10.1 Å². The molecular weight excluding hydrogens is 234 g/mol. The third-order valence-electron chi connectivity index (χ3n) is 2.34. The first kappa shape index (κ1) is 11.1. The summed E-state index contributed by atoms with van der Waals surface area (Å²) in [4.78, 5) is 14.0. The topological polar surface area (TPSA) is 77.3 Å². The van der Waals surface area contributed by atoms with Gasteiger partial charge in [-0.2, -0.15) is 0 Å². The zero-order valence-electron chi connectivity index (χ0n) is 8.35. The second-order valence-electron chi connectivity index (χ2n) is 3.49. The molecule has 0 bridgehead atoms. The van der Waals surface area contributed by atoms with Crippen molar-refractivity contribution in [2.24, 2.45) is 0 Å². The monoisotopic (exact) mass is 243 g/mol. The summed E-state index contributed by atoms with van der Waals surface area (Å²) in [5.74, 6) is 0. The molecule has 0 radical (unpaired) electrons. The van der Waals surface area contributed by atoms with Crippen LogP contribution in [-0.2, 0) is 4.74 Å². The van der Waals surface area contributed by atoms with Crippen molar-refractivity contribution >= 4 is 23.0 Å². The predicted octanol–water partition coefficient (Wildman–Crippen LogP) is 1.84. The van der Waals surface area contributed by atoms with Gasteiger partial charge in [0.05, 0.1) is 17.6 Å². The molecule has 16 heavy (non-hydrogen) atoms. The van der Waals surface area contributed by atoms with E-state index in [0.717, 1.165) is 12.6 Å². The van der Waals surface area contributed by atoms with Crippen LogP contribution in [0, 0.1) is 10.1 Å². The van der Waals surface area contributed by atoms with Gasteiger partial charge in [-0.1, -0.05) is 11.6 Å². The molecule has 0 unspecified atom stereocenters. The molecule has 1 fully saturated rings. The molecule has 0 amide bonds. The van der Waals surface area contributed by atoms with Crippen LogP contribution in [0.1, 0.15) is 6.42 Å². The summed E-state index contributed by atoms with van der Waals surface area (Å²) >= 11 is 5.70. The Bertz CT molecular complexity index is 407. The van der Waals surface area contributed by atoms with E-state index in [-0.39, 0.29) is 16.9 Å². The van der Waals surface area contributed by atoms with Crippen molar-refractivity contribution in [2.75, 3.05) is 18.5 Å². The van der Waals surface area contributed by atoms with Gasteiger partial charge in [-0.3, -0.25) is 10.1 Å². The van der Waals surface area contributed by atoms with Gasteiger partial charge in [0.2, 0.25) is 0 Å². The molecular formula is C9H10ClN3O3. The number of rotatable bonds is 3. The van der Waals surface area contributed by atoms with Gasteiger partial charge < -0.3 is 10.1 Å². The average molecular weight is 244 g/mol. The van der Waals surface area contributed by atoms with Crippen LogP contribution in [0.4, 0.5) is 11.4 Å². The highest BCUT2D eigenvalue weighted by molar-refractivity contribution is 6.29. The smallest absolute Gasteiger partial charge is 0.310 e. The molecule has 6 nitrogen and oxygen atoms in total. The molecule has 1 aliphatic rings. The summed E-state index contributed by atoms with van der Waals surface area (Å²) in [5.41, 5.74) is 0.316. The van der Waals surface area contributed by atoms with E-state index < -0.39 is 4.92 Å². The van der Waals surface area contributed by atoms with Gasteiger partial charge in [0.15, 0.2) is 0 Å². The molecule has 1 aromatic heterocycles. The molecule has 7 heteroatoms. The minimum absolute atomic E-state index is 0.0729. The molecule has 1 atom stereocenters. The lowest BCUT2D eigenvalue weighted by atomic mass is 10.2. The Balaban J connectivity index is 2.22. The zero-order valence-corrected chi connectivity index (χ0v) is 9.11. The lowest BCUT2D eigenvalue weighted by Gasteiger charge is -2.11. The highest BCUT2D eigenvalue weighted by atomic mass is 35.5. The largest absolute Gasteiger partial charge is 0.379 e. The summed E-state index contributed by atoms with van der Waals surface area (Å²) in [6.45, 7) is 1.22. The third kappa shape index (κ3) is 2.40. The van der Waals surface area contributed by atoms with Crippen LogP contribution in [0.25, 0.3) is 0 Å². The van der Waals surface area contributed by atoms with E-state index in [2.05, 4.69) is 10.3 Å². The molecule has 0 aromatic carbocycles. The Morgan fingerprint density at radius 1 is 1.69 bits per heavy atom. The van der Waals surface area contributed by atoms with Crippen LogP contribution in [0.2, 0.25) is 5.15 Å². The molecule has 86 valence electrons. The van der Waals surface area contributed by atoms with Crippen molar-refractivity contribution < 1.29 is 9.66 Å². The van der Waals surface area contributed by atoms with E-state index >= 15 is 0 Å². The quantitative estimate of drug-likeness (QED) is 0.498. The van der Waals surface area contributed by atoms with E-state index in [1.165, 1.54) is 6.07 Å². The Kier molecular flexibility index (Phi) is 3.21. The maximum Gasteiger partial charge on any atom is 0.310 e. The van der Waals surface area contributed by atoms with Crippen LogP contribution in [0.5, 0.6) is 0 Å². The maximum atomic E-state index is 10.8. The predicted molar refractivity (Wildman–Crippen MR) is 58.7 cm³/mol. The molecule has 1 aromatic rings. The van der Waals surface area contributed by atoms with Crippen molar-refractivity contribution in [3.8, 4) is 0 Å². The SMILES string of the molecule is O=[N+]([O-])c1cnc(Cl)cc1N[C@H]1CCOC1. The van der Waals surface area contributed by atoms with Crippen molar-refractivity contribution in [2.45, 2.75) is 12.5 Å². The summed E-state index contributed by atoms with van der Waals surface area (Å²) in [5, 5.41) is 14.0. The van der Waals surface area contributed by atoms with Crippen molar-refractivity contribution in [3.05, 3.63) is 27.5 Å². The Morgan fingerprint density at radius 3 is 3.12 bits per heavy atom. The van der Waals surface area contributed by atoms with Crippen molar-refractivity contribution in [1.82, 2.24) is 4.98 Å². The summed E-state index contributed by atoms with van der Waals surface area (Å²) < 4.78 is 5.18. The fourth-order valence-corrected chi connectivity index (χ4v) is 1.71. The summed E-state index contributed by atoms with van der Waals surface area (Å²) in [6.07, 6.45) is 1.98. The Labute approximate surface area is 96.7 Å². The number of nitro groups is 1. The average Bonchev–Trinajstić information content (AvgIpc) is 2.70. The lowest BCUT2D eigenvalue weighted by Crippen LogP contribution is -2.19. The van der Waals surface area contributed by atoms with Gasteiger partial charge in [-0.15, -0.1) is 0 Å². The third-order valence-corrected chi connectivity index (χ3v) is 2.54. The van der Waals surface area contributed by atoms with Gasteiger partial charge in [-0.25, -0.2) is 4.98 Å². The second-order valence-corrected chi connectivity index (χ2v) is 3.87. The van der Waals surface area contributed by atoms with Gasteiger partial charge in [0, 0.05) is 12.7 Å². The Hall–Kier alpha value is -1.40. The van der Waals surface area contributed by atoms with Crippen molar-refractivity contribution in [3.63, 3.8) is 0 Å². The number of hydrogen-bond donors (Lipinski definition) is 1. The minimum atomic E-state index is -0.485. The minimum Gasteiger partial charge on any atom is -0.379 e. The zero-order chi connectivity index (χ0) is 11.5. The van der Waals surface area contributed by atoms with E-state index in [0.29, 0.717) is 18.9 Å². The van der Waals surface area contributed by atoms with Gasteiger partial charge in [0.1, 0.15) is 17.0 Å². The number of hydrogen-bond acceptors (Lipinski definition) is 5. The number of ether oxygens (including phenoxy) is 1. The van der Waals surface area contributed by atoms with Gasteiger partial charge in [0.25, 0.3) is 0 Å².